The maximum absolute atomic E-state index is 12.6. The quantitative estimate of drug-likeness (QED) is 0.611. The van der Waals surface area contributed by atoms with Crippen LogP contribution in [0.15, 0.2) is 35.2 Å². The van der Waals surface area contributed by atoms with Crippen molar-refractivity contribution in [3.63, 3.8) is 0 Å². The molecule has 0 amide bonds. The molecule has 2 aliphatic heterocycles. The zero-order valence-corrected chi connectivity index (χ0v) is 14.3. The zero-order valence-electron chi connectivity index (χ0n) is 14.3. The van der Waals surface area contributed by atoms with Gasteiger partial charge < -0.3 is 13.9 Å². The molecule has 4 aliphatic rings. The molecule has 0 bridgehead atoms. The van der Waals surface area contributed by atoms with Gasteiger partial charge in [-0.05, 0) is 36.8 Å². The van der Waals surface area contributed by atoms with E-state index in [0.29, 0.717) is 13.0 Å². The molecule has 0 unspecified atom stereocenters. The normalized spacial score (nSPS) is 44.7. The number of rotatable bonds is 2. The van der Waals surface area contributed by atoms with E-state index in [0.717, 1.165) is 24.8 Å². The molecule has 0 N–H and O–H groups in total. The van der Waals surface area contributed by atoms with Crippen molar-refractivity contribution in [2.45, 2.75) is 38.7 Å². The third-order valence-corrected chi connectivity index (χ3v) is 7.39. The summed E-state index contributed by atoms with van der Waals surface area (Å²) >= 11 is 0. The Hall–Kier alpha value is -2.04. The monoisotopic (exact) mass is 342 g/mol. The fourth-order valence-electron chi connectivity index (χ4n) is 6.09. The van der Waals surface area contributed by atoms with E-state index in [1.807, 2.05) is 12.1 Å². The van der Waals surface area contributed by atoms with Crippen molar-refractivity contribution < 1.29 is 23.5 Å². The van der Waals surface area contributed by atoms with Crippen molar-refractivity contribution in [1.82, 2.24) is 0 Å². The predicted molar refractivity (Wildman–Crippen MR) is 87.3 cm³/mol. The summed E-state index contributed by atoms with van der Waals surface area (Å²) in [5.41, 5.74) is 0.574. The van der Waals surface area contributed by atoms with Crippen LogP contribution in [-0.2, 0) is 25.5 Å². The Labute approximate surface area is 146 Å². The van der Waals surface area contributed by atoms with Crippen molar-refractivity contribution in [1.29, 1.82) is 0 Å². The Kier molecular flexibility index (Phi) is 3.04. The van der Waals surface area contributed by atoms with E-state index in [1.54, 1.807) is 12.5 Å². The average Bonchev–Trinajstić information content (AvgIpc) is 3.28. The molecule has 1 aromatic heterocycles. The Morgan fingerprint density at radius 3 is 2.96 bits per heavy atom. The van der Waals surface area contributed by atoms with Gasteiger partial charge >= 0.3 is 11.9 Å². The third-order valence-electron chi connectivity index (χ3n) is 7.39. The van der Waals surface area contributed by atoms with Gasteiger partial charge in [-0.25, -0.2) is 0 Å². The second kappa shape index (κ2) is 4.99. The maximum Gasteiger partial charge on any atom is 0.313 e. The summed E-state index contributed by atoms with van der Waals surface area (Å²) in [6.45, 7) is 2.67. The Bertz CT molecular complexity index is 750. The molecule has 25 heavy (non-hydrogen) atoms. The first-order chi connectivity index (χ1) is 12.1. The minimum Gasteiger partial charge on any atom is -0.472 e. The summed E-state index contributed by atoms with van der Waals surface area (Å²) in [6.07, 6.45) is 10.5. The van der Waals surface area contributed by atoms with Crippen LogP contribution in [0.4, 0.5) is 0 Å². The largest absolute Gasteiger partial charge is 0.472 e. The van der Waals surface area contributed by atoms with Crippen molar-refractivity contribution in [2.75, 3.05) is 6.61 Å². The van der Waals surface area contributed by atoms with E-state index in [4.69, 9.17) is 13.9 Å². The van der Waals surface area contributed by atoms with Crippen LogP contribution in [0.3, 0.4) is 0 Å². The predicted octanol–water partition coefficient (Wildman–Crippen LogP) is 2.90. The molecule has 1 aromatic rings. The van der Waals surface area contributed by atoms with E-state index < -0.39 is 0 Å². The maximum atomic E-state index is 12.6. The summed E-state index contributed by atoms with van der Waals surface area (Å²) in [5.74, 6) is -0.248. The fraction of sp³-hybridized carbons (Fsp3) is 0.600. The van der Waals surface area contributed by atoms with Gasteiger partial charge in [0.15, 0.2) is 0 Å². The van der Waals surface area contributed by atoms with Crippen LogP contribution in [-0.4, -0.2) is 24.6 Å². The molecule has 2 saturated heterocycles. The average molecular weight is 342 g/mol. The van der Waals surface area contributed by atoms with Gasteiger partial charge in [0.2, 0.25) is 0 Å². The molecule has 6 atom stereocenters. The highest BCUT2D eigenvalue weighted by Gasteiger charge is 2.69. The van der Waals surface area contributed by atoms with Crippen molar-refractivity contribution in [3.8, 4) is 0 Å². The van der Waals surface area contributed by atoms with Crippen LogP contribution in [0.5, 0.6) is 0 Å². The number of ether oxygens (including phenoxy) is 2. The lowest BCUT2D eigenvalue weighted by molar-refractivity contribution is -0.144. The lowest BCUT2D eigenvalue weighted by Crippen LogP contribution is -2.56. The lowest BCUT2D eigenvalue weighted by Gasteiger charge is -2.55. The van der Waals surface area contributed by atoms with E-state index in [9.17, 15) is 9.59 Å². The van der Waals surface area contributed by atoms with Gasteiger partial charge in [0.1, 0.15) is 6.10 Å². The number of furan rings is 1. The van der Waals surface area contributed by atoms with E-state index in [-0.39, 0.29) is 46.6 Å². The Morgan fingerprint density at radius 1 is 1.28 bits per heavy atom. The second-order valence-corrected chi connectivity index (χ2v) is 8.25. The van der Waals surface area contributed by atoms with Gasteiger partial charge in [-0.3, -0.25) is 9.59 Å². The number of fused-ring (bicyclic) bond motifs is 2. The Morgan fingerprint density at radius 2 is 2.16 bits per heavy atom. The molecule has 0 radical (unpaired) electrons. The minimum absolute atomic E-state index is 0.0813. The zero-order chi connectivity index (χ0) is 17.2. The smallest absolute Gasteiger partial charge is 0.313 e. The number of hydrogen-bond donors (Lipinski definition) is 0. The van der Waals surface area contributed by atoms with Gasteiger partial charge in [0.05, 0.1) is 31.0 Å². The van der Waals surface area contributed by atoms with E-state index in [1.165, 1.54) is 0 Å². The number of allylic oxidation sites excluding steroid dienone is 1. The highest BCUT2D eigenvalue weighted by Crippen LogP contribution is 2.66. The Balaban J connectivity index is 1.57. The molecule has 5 heteroatoms. The minimum atomic E-state index is -0.288. The number of hydrogen-bond acceptors (Lipinski definition) is 5. The molecule has 5 rings (SSSR count). The first-order valence-electron chi connectivity index (χ1n) is 9.10. The third kappa shape index (κ3) is 1.84. The number of cyclic esters (lactones) is 2. The summed E-state index contributed by atoms with van der Waals surface area (Å²) in [6, 6.07) is 1.93. The van der Waals surface area contributed by atoms with Crippen molar-refractivity contribution in [3.05, 3.63) is 36.3 Å². The molecule has 0 aromatic carbocycles. The molecule has 2 aliphatic carbocycles. The van der Waals surface area contributed by atoms with Gasteiger partial charge in [-0.2, -0.15) is 0 Å². The topological polar surface area (TPSA) is 65.7 Å². The molecule has 1 saturated carbocycles. The van der Waals surface area contributed by atoms with Gasteiger partial charge in [-0.1, -0.05) is 19.1 Å². The van der Waals surface area contributed by atoms with Crippen molar-refractivity contribution in [2.24, 2.45) is 28.6 Å². The SMILES string of the molecule is C[C@]12[C@H](Cc3ccoc3)OC(=O)[C@H]1CC[C@@]13COC(=O)[C@@H]1C=CC[C@@H]32. The van der Waals surface area contributed by atoms with Gasteiger partial charge in [0.25, 0.3) is 0 Å². The summed E-state index contributed by atoms with van der Waals surface area (Å²) in [7, 11) is 0. The van der Waals surface area contributed by atoms with Crippen LogP contribution >= 0.6 is 0 Å². The van der Waals surface area contributed by atoms with Gasteiger partial charge in [0, 0.05) is 17.3 Å². The second-order valence-electron chi connectivity index (χ2n) is 8.25. The van der Waals surface area contributed by atoms with Gasteiger partial charge in [-0.15, -0.1) is 0 Å². The number of carbonyl (C=O) groups excluding carboxylic acids is 2. The lowest BCUT2D eigenvalue weighted by atomic mass is 9.45. The molecule has 132 valence electrons. The highest BCUT2D eigenvalue weighted by atomic mass is 16.6. The summed E-state index contributed by atoms with van der Waals surface area (Å²) < 4.78 is 16.6. The molecular formula is C20H22O5. The van der Waals surface area contributed by atoms with Crippen LogP contribution in [0.25, 0.3) is 0 Å². The first-order valence-corrected chi connectivity index (χ1v) is 9.10. The van der Waals surface area contributed by atoms with Crippen LogP contribution < -0.4 is 0 Å². The van der Waals surface area contributed by atoms with Crippen molar-refractivity contribution >= 4 is 11.9 Å². The van der Waals surface area contributed by atoms with Crippen LogP contribution in [0.1, 0.15) is 31.7 Å². The fourth-order valence-corrected chi connectivity index (χ4v) is 6.09. The highest BCUT2D eigenvalue weighted by molar-refractivity contribution is 5.80. The molecule has 3 heterocycles. The van der Waals surface area contributed by atoms with Crippen LogP contribution in [0.2, 0.25) is 0 Å². The van der Waals surface area contributed by atoms with E-state index in [2.05, 4.69) is 13.0 Å². The number of carbonyl (C=O) groups is 2. The molecule has 1 spiro atoms. The summed E-state index contributed by atoms with van der Waals surface area (Å²) in [5, 5.41) is 0. The number of esters is 2. The first kappa shape index (κ1) is 15.2. The molecule has 3 fully saturated rings. The van der Waals surface area contributed by atoms with Crippen LogP contribution in [0, 0.1) is 28.6 Å². The standard InChI is InChI=1S/C20H22O5/c1-19-13(18(22)25-16(19)9-12-6-8-23-10-12)5-7-20-11-24-17(21)14(20)3-2-4-15(19)20/h2-3,6,8,10,13-16H,4-5,7,9,11H2,1H3/t13-,14+,15-,16+,19+,20-/m1/s1. The summed E-state index contributed by atoms with van der Waals surface area (Å²) in [4.78, 5) is 24.9. The van der Waals surface area contributed by atoms with E-state index >= 15 is 0 Å². The molecule has 5 nitrogen and oxygen atoms in total. The molecular weight excluding hydrogens is 320 g/mol.